The smallest absolute Gasteiger partial charge is 0.255 e. The Hall–Kier alpha value is -3.22. The number of hydrogen-bond donors (Lipinski definition) is 0. The van der Waals surface area contributed by atoms with Gasteiger partial charge in [-0.15, -0.1) is 0 Å². The molecule has 0 aliphatic carbocycles. The number of benzene rings is 1. The third-order valence-corrected chi connectivity index (χ3v) is 5.33. The summed E-state index contributed by atoms with van der Waals surface area (Å²) in [6, 6.07) is 12.9. The van der Waals surface area contributed by atoms with Crippen molar-refractivity contribution in [3.8, 4) is 0 Å². The maximum atomic E-state index is 12.9. The average molecular weight is 378 g/mol. The number of piperazine rings is 1. The molecule has 2 saturated heterocycles. The molecule has 2 fully saturated rings. The molecule has 0 bridgehead atoms. The molecule has 4 rings (SSSR count). The van der Waals surface area contributed by atoms with Gasteiger partial charge in [0.05, 0.1) is 11.5 Å². The molecular formula is C21H22N4O3. The highest BCUT2D eigenvalue weighted by atomic mass is 16.2. The lowest BCUT2D eigenvalue weighted by atomic mass is 10.1. The molecule has 7 nitrogen and oxygen atoms in total. The predicted molar refractivity (Wildman–Crippen MR) is 104 cm³/mol. The van der Waals surface area contributed by atoms with Crippen LogP contribution in [0, 0.1) is 5.92 Å². The Labute approximate surface area is 163 Å². The van der Waals surface area contributed by atoms with Crippen LogP contribution in [0.2, 0.25) is 0 Å². The second-order valence-corrected chi connectivity index (χ2v) is 7.10. The molecular weight excluding hydrogens is 356 g/mol. The molecule has 7 heteroatoms. The van der Waals surface area contributed by atoms with E-state index in [1.165, 1.54) is 0 Å². The topological polar surface area (TPSA) is 73.8 Å². The summed E-state index contributed by atoms with van der Waals surface area (Å²) in [7, 11) is 0. The van der Waals surface area contributed by atoms with Gasteiger partial charge in [-0.2, -0.15) is 0 Å². The number of carbonyl (C=O) groups excluding carboxylic acids is 3. The summed E-state index contributed by atoms with van der Waals surface area (Å²) in [6.07, 6.45) is 3.43. The largest absolute Gasteiger partial charge is 0.339 e. The monoisotopic (exact) mass is 378 g/mol. The number of nitrogens with zero attached hydrogens (tertiary/aromatic N) is 4. The first-order valence-corrected chi connectivity index (χ1v) is 9.47. The highest BCUT2D eigenvalue weighted by Gasteiger charge is 2.38. The summed E-state index contributed by atoms with van der Waals surface area (Å²) < 4.78 is 0. The van der Waals surface area contributed by atoms with Gasteiger partial charge >= 0.3 is 0 Å². The first-order valence-electron chi connectivity index (χ1n) is 9.47. The van der Waals surface area contributed by atoms with E-state index >= 15 is 0 Å². The normalized spacial score (nSPS) is 19.8. The van der Waals surface area contributed by atoms with Crippen LogP contribution >= 0.6 is 0 Å². The Morgan fingerprint density at radius 3 is 2.32 bits per heavy atom. The molecule has 0 spiro atoms. The van der Waals surface area contributed by atoms with Crippen LogP contribution in [0.3, 0.4) is 0 Å². The van der Waals surface area contributed by atoms with Gasteiger partial charge in [0.1, 0.15) is 0 Å². The van der Waals surface area contributed by atoms with E-state index in [1.54, 1.807) is 39.2 Å². The minimum absolute atomic E-state index is 0.000239. The lowest BCUT2D eigenvalue weighted by Crippen LogP contribution is -2.52. The van der Waals surface area contributed by atoms with Crippen molar-refractivity contribution in [2.75, 3.05) is 37.6 Å². The molecule has 144 valence electrons. The molecule has 3 amide bonds. The van der Waals surface area contributed by atoms with E-state index in [4.69, 9.17) is 0 Å². The van der Waals surface area contributed by atoms with Gasteiger partial charge in [0.15, 0.2) is 0 Å². The first kappa shape index (κ1) is 18.2. The number of anilines is 1. The lowest BCUT2D eigenvalue weighted by Gasteiger charge is -2.35. The summed E-state index contributed by atoms with van der Waals surface area (Å²) in [4.78, 5) is 47.0. The summed E-state index contributed by atoms with van der Waals surface area (Å²) in [5.41, 5.74) is 1.39. The molecule has 1 aromatic carbocycles. The summed E-state index contributed by atoms with van der Waals surface area (Å²) >= 11 is 0. The SMILES string of the molecule is O=C(c1cccnc1)N1CCN(C(=O)[C@H]2CC(=O)N(c3ccccc3)C2)CC1. The summed E-state index contributed by atoms with van der Waals surface area (Å²) in [5, 5.41) is 0. The Bertz CT molecular complexity index is 864. The number of para-hydroxylation sites is 1. The highest BCUT2D eigenvalue weighted by Crippen LogP contribution is 2.26. The van der Waals surface area contributed by atoms with E-state index in [2.05, 4.69) is 4.98 Å². The number of rotatable bonds is 3. The second-order valence-electron chi connectivity index (χ2n) is 7.10. The second kappa shape index (κ2) is 7.80. The summed E-state index contributed by atoms with van der Waals surface area (Å²) in [5.74, 6) is -0.407. The number of aromatic nitrogens is 1. The van der Waals surface area contributed by atoms with Gasteiger partial charge in [0, 0.05) is 57.2 Å². The zero-order chi connectivity index (χ0) is 19.5. The Kier molecular flexibility index (Phi) is 5.06. The molecule has 3 heterocycles. The fourth-order valence-electron chi connectivity index (χ4n) is 3.79. The van der Waals surface area contributed by atoms with Crippen LogP contribution in [0.1, 0.15) is 16.8 Å². The Balaban J connectivity index is 1.34. The maximum absolute atomic E-state index is 12.9. The third kappa shape index (κ3) is 3.60. The van der Waals surface area contributed by atoms with E-state index < -0.39 is 0 Å². The van der Waals surface area contributed by atoms with Gasteiger partial charge in [-0.05, 0) is 24.3 Å². The molecule has 2 aliphatic heterocycles. The van der Waals surface area contributed by atoms with Crippen molar-refractivity contribution >= 4 is 23.4 Å². The van der Waals surface area contributed by atoms with Gasteiger partial charge in [-0.25, -0.2) is 0 Å². The first-order chi connectivity index (χ1) is 13.6. The average Bonchev–Trinajstić information content (AvgIpc) is 3.15. The van der Waals surface area contributed by atoms with Crippen molar-refractivity contribution < 1.29 is 14.4 Å². The molecule has 0 saturated carbocycles. The van der Waals surface area contributed by atoms with Gasteiger partial charge in [-0.3, -0.25) is 19.4 Å². The minimum atomic E-state index is -0.326. The van der Waals surface area contributed by atoms with Crippen LogP contribution in [0.5, 0.6) is 0 Å². The van der Waals surface area contributed by atoms with Gasteiger partial charge < -0.3 is 14.7 Å². The van der Waals surface area contributed by atoms with E-state index in [-0.39, 0.29) is 30.1 Å². The Morgan fingerprint density at radius 2 is 1.64 bits per heavy atom. The van der Waals surface area contributed by atoms with Crippen LogP contribution in [-0.4, -0.2) is 65.2 Å². The number of pyridine rings is 1. The van der Waals surface area contributed by atoms with E-state index in [9.17, 15) is 14.4 Å². The number of amides is 3. The van der Waals surface area contributed by atoms with Gasteiger partial charge in [0.2, 0.25) is 11.8 Å². The van der Waals surface area contributed by atoms with Crippen molar-refractivity contribution in [3.05, 3.63) is 60.4 Å². The zero-order valence-corrected chi connectivity index (χ0v) is 15.5. The van der Waals surface area contributed by atoms with Crippen molar-refractivity contribution in [1.82, 2.24) is 14.8 Å². The van der Waals surface area contributed by atoms with Crippen LogP contribution in [0.25, 0.3) is 0 Å². The van der Waals surface area contributed by atoms with Crippen molar-refractivity contribution in [3.63, 3.8) is 0 Å². The maximum Gasteiger partial charge on any atom is 0.255 e. The highest BCUT2D eigenvalue weighted by molar-refractivity contribution is 6.00. The molecule has 2 aliphatic rings. The van der Waals surface area contributed by atoms with Crippen LogP contribution < -0.4 is 4.90 Å². The van der Waals surface area contributed by atoms with E-state index in [0.29, 0.717) is 38.3 Å². The molecule has 1 atom stereocenters. The molecule has 0 unspecified atom stereocenters. The van der Waals surface area contributed by atoms with Crippen LogP contribution in [-0.2, 0) is 9.59 Å². The fourth-order valence-corrected chi connectivity index (χ4v) is 3.79. The van der Waals surface area contributed by atoms with Crippen molar-refractivity contribution in [2.24, 2.45) is 5.92 Å². The minimum Gasteiger partial charge on any atom is -0.339 e. The molecule has 1 aromatic heterocycles. The predicted octanol–water partition coefficient (Wildman–Crippen LogP) is 1.42. The van der Waals surface area contributed by atoms with Crippen LogP contribution in [0.4, 0.5) is 5.69 Å². The van der Waals surface area contributed by atoms with E-state index in [1.807, 2.05) is 30.3 Å². The van der Waals surface area contributed by atoms with Crippen LogP contribution in [0.15, 0.2) is 54.9 Å². The Morgan fingerprint density at radius 1 is 0.929 bits per heavy atom. The molecule has 2 aromatic rings. The molecule has 28 heavy (non-hydrogen) atoms. The quantitative estimate of drug-likeness (QED) is 0.810. The molecule has 0 N–H and O–H groups in total. The molecule has 0 radical (unpaired) electrons. The third-order valence-electron chi connectivity index (χ3n) is 5.33. The lowest BCUT2D eigenvalue weighted by molar-refractivity contribution is -0.137. The standard InChI is InChI=1S/C21H22N4O3/c26-19-13-17(15-25(19)18-6-2-1-3-7-18)21(28)24-11-9-23(10-12-24)20(27)16-5-4-8-22-14-16/h1-8,14,17H,9-13,15H2/t17-/m0/s1. The van der Waals surface area contributed by atoms with E-state index in [0.717, 1.165) is 5.69 Å². The fraction of sp³-hybridized carbons (Fsp3) is 0.333. The summed E-state index contributed by atoms with van der Waals surface area (Å²) in [6.45, 7) is 2.36. The van der Waals surface area contributed by atoms with Gasteiger partial charge in [-0.1, -0.05) is 18.2 Å². The van der Waals surface area contributed by atoms with Crippen molar-refractivity contribution in [2.45, 2.75) is 6.42 Å². The number of carbonyl (C=O) groups is 3. The van der Waals surface area contributed by atoms with Crippen molar-refractivity contribution in [1.29, 1.82) is 0 Å². The number of hydrogen-bond acceptors (Lipinski definition) is 4. The van der Waals surface area contributed by atoms with Gasteiger partial charge in [0.25, 0.3) is 5.91 Å². The zero-order valence-electron chi connectivity index (χ0n) is 15.5.